The van der Waals surface area contributed by atoms with E-state index in [9.17, 15) is 14.4 Å². The highest BCUT2D eigenvalue weighted by Gasteiger charge is 2.22. The standard InChI is InChI=1S/C20H22ClN3O3S/c1-22-18(25)13-7-9-14(10-8-13)23-20(27)17(11-12-28-2)24-19(26)15-5-3-4-6-16(15)21/h3-10,17H,11-12H2,1-2H3,(H,22,25)(H,23,27)(H,24,26)/t17-/m1/s1. The number of carbonyl (C=O) groups excluding carboxylic acids is 3. The lowest BCUT2D eigenvalue weighted by molar-refractivity contribution is -0.118. The van der Waals surface area contributed by atoms with Crippen LogP contribution in [0, 0.1) is 0 Å². The van der Waals surface area contributed by atoms with Crippen LogP contribution >= 0.6 is 23.4 Å². The van der Waals surface area contributed by atoms with Crippen LogP contribution in [0.3, 0.4) is 0 Å². The first-order chi connectivity index (χ1) is 13.5. The predicted octanol–water partition coefficient (Wildman–Crippen LogP) is 3.19. The monoisotopic (exact) mass is 419 g/mol. The molecular weight excluding hydrogens is 398 g/mol. The summed E-state index contributed by atoms with van der Waals surface area (Å²) in [4.78, 5) is 36.8. The maximum Gasteiger partial charge on any atom is 0.253 e. The molecule has 0 spiro atoms. The lowest BCUT2D eigenvalue weighted by atomic mass is 10.1. The van der Waals surface area contributed by atoms with Gasteiger partial charge in [-0.3, -0.25) is 14.4 Å². The average molecular weight is 420 g/mol. The van der Waals surface area contributed by atoms with Gasteiger partial charge in [0, 0.05) is 18.3 Å². The van der Waals surface area contributed by atoms with Gasteiger partial charge in [-0.2, -0.15) is 11.8 Å². The number of carbonyl (C=O) groups is 3. The van der Waals surface area contributed by atoms with Crippen molar-refractivity contribution in [2.45, 2.75) is 12.5 Å². The zero-order valence-electron chi connectivity index (χ0n) is 15.6. The molecule has 2 aromatic rings. The molecule has 0 bridgehead atoms. The molecule has 148 valence electrons. The van der Waals surface area contributed by atoms with E-state index in [0.29, 0.717) is 34.0 Å². The van der Waals surface area contributed by atoms with E-state index in [1.165, 1.54) is 0 Å². The van der Waals surface area contributed by atoms with Crippen LogP contribution in [0.2, 0.25) is 5.02 Å². The molecule has 3 amide bonds. The van der Waals surface area contributed by atoms with Crippen molar-refractivity contribution in [1.29, 1.82) is 0 Å². The molecule has 0 radical (unpaired) electrons. The van der Waals surface area contributed by atoms with E-state index in [1.54, 1.807) is 67.3 Å². The molecule has 3 N–H and O–H groups in total. The third kappa shape index (κ3) is 6.00. The molecule has 28 heavy (non-hydrogen) atoms. The van der Waals surface area contributed by atoms with Crippen molar-refractivity contribution in [3.8, 4) is 0 Å². The summed E-state index contributed by atoms with van der Waals surface area (Å²) in [5.41, 5.74) is 1.35. The summed E-state index contributed by atoms with van der Waals surface area (Å²) >= 11 is 7.66. The number of halogens is 1. The first kappa shape index (κ1) is 21.8. The lowest BCUT2D eigenvalue weighted by Crippen LogP contribution is -2.44. The SMILES string of the molecule is CNC(=O)c1ccc(NC(=O)[C@@H](CCSC)NC(=O)c2ccccc2Cl)cc1. The fourth-order valence-electron chi connectivity index (χ4n) is 2.46. The summed E-state index contributed by atoms with van der Waals surface area (Å²) in [6, 6.07) is 12.5. The number of anilines is 1. The summed E-state index contributed by atoms with van der Waals surface area (Å²) in [6.07, 6.45) is 2.40. The lowest BCUT2D eigenvalue weighted by Gasteiger charge is -2.18. The van der Waals surface area contributed by atoms with Gasteiger partial charge in [-0.05, 0) is 54.8 Å². The molecule has 6 nitrogen and oxygen atoms in total. The van der Waals surface area contributed by atoms with Gasteiger partial charge < -0.3 is 16.0 Å². The number of nitrogens with one attached hydrogen (secondary N) is 3. The molecule has 0 saturated carbocycles. The second-order valence-electron chi connectivity index (χ2n) is 5.93. The van der Waals surface area contributed by atoms with Gasteiger partial charge in [-0.25, -0.2) is 0 Å². The molecule has 0 aliphatic carbocycles. The highest BCUT2D eigenvalue weighted by Crippen LogP contribution is 2.16. The third-order valence-corrected chi connectivity index (χ3v) is 4.97. The van der Waals surface area contributed by atoms with E-state index in [1.807, 2.05) is 6.26 Å². The van der Waals surface area contributed by atoms with Crippen LogP contribution in [0.5, 0.6) is 0 Å². The highest BCUT2D eigenvalue weighted by atomic mass is 35.5. The molecule has 2 aromatic carbocycles. The molecule has 0 aliphatic heterocycles. The topological polar surface area (TPSA) is 87.3 Å². The van der Waals surface area contributed by atoms with Crippen molar-refractivity contribution in [2.24, 2.45) is 0 Å². The van der Waals surface area contributed by atoms with Gasteiger partial charge >= 0.3 is 0 Å². The van der Waals surface area contributed by atoms with Gasteiger partial charge in [-0.15, -0.1) is 0 Å². The Kier molecular flexibility index (Phi) is 8.35. The smallest absolute Gasteiger partial charge is 0.253 e. The second-order valence-corrected chi connectivity index (χ2v) is 7.33. The number of benzene rings is 2. The molecule has 0 heterocycles. The summed E-state index contributed by atoms with van der Waals surface area (Å²) in [6.45, 7) is 0. The van der Waals surface area contributed by atoms with E-state index in [2.05, 4.69) is 16.0 Å². The van der Waals surface area contributed by atoms with Crippen LogP contribution in [0.1, 0.15) is 27.1 Å². The summed E-state index contributed by atoms with van der Waals surface area (Å²) in [7, 11) is 1.55. The minimum Gasteiger partial charge on any atom is -0.355 e. The van der Waals surface area contributed by atoms with E-state index >= 15 is 0 Å². The predicted molar refractivity (Wildman–Crippen MR) is 114 cm³/mol. The maximum atomic E-state index is 12.7. The average Bonchev–Trinajstić information content (AvgIpc) is 2.71. The number of rotatable bonds is 8. The minimum absolute atomic E-state index is 0.206. The summed E-state index contributed by atoms with van der Waals surface area (Å²) in [5, 5.41) is 8.40. The van der Waals surface area contributed by atoms with Crippen molar-refractivity contribution in [2.75, 3.05) is 24.4 Å². The van der Waals surface area contributed by atoms with Gasteiger partial charge in [0.25, 0.3) is 11.8 Å². The van der Waals surface area contributed by atoms with E-state index in [0.717, 1.165) is 0 Å². The molecule has 8 heteroatoms. The van der Waals surface area contributed by atoms with Crippen LogP contribution < -0.4 is 16.0 Å². The van der Waals surface area contributed by atoms with Gasteiger partial charge in [-0.1, -0.05) is 23.7 Å². The van der Waals surface area contributed by atoms with Crippen LogP contribution in [-0.2, 0) is 4.79 Å². The largest absolute Gasteiger partial charge is 0.355 e. The van der Waals surface area contributed by atoms with Crippen molar-refractivity contribution >= 4 is 46.8 Å². The first-order valence-corrected chi connectivity index (χ1v) is 10.4. The fraction of sp³-hybridized carbons (Fsp3) is 0.250. The Morgan fingerprint density at radius 3 is 2.32 bits per heavy atom. The quantitative estimate of drug-likeness (QED) is 0.613. The molecule has 1 atom stereocenters. The van der Waals surface area contributed by atoms with Gasteiger partial charge in [0.2, 0.25) is 5.91 Å². The molecule has 0 aromatic heterocycles. The van der Waals surface area contributed by atoms with Gasteiger partial charge in [0.1, 0.15) is 6.04 Å². The summed E-state index contributed by atoms with van der Waals surface area (Å²) in [5.74, 6) is -0.233. The Balaban J connectivity index is 2.09. The number of thioether (sulfide) groups is 1. The molecule has 0 fully saturated rings. The molecule has 0 saturated heterocycles. The van der Waals surface area contributed by atoms with Crippen LogP contribution in [0.15, 0.2) is 48.5 Å². The molecule has 2 rings (SSSR count). The number of amides is 3. The zero-order valence-corrected chi connectivity index (χ0v) is 17.2. The van der Waals surface area contributed by atoms with Crippen LogP contribution in [-0.4, -0.2) is 42.8 Å². The Morgan fingerprint density at radius 1 is 1.04 bits per heavy atom. The zero-order chi connectivity index (χ0) is 20.5. The second kappa shape index (κ2) is 10.7. The molecule has 0 unspecified atom stereocenters. The Morgan fingerprint density at radius 2 is 1.71 bits per heavy atom. The highest BCUT2D eigenvalue weighted by molar-refractivity contribution is 7.98. The van der Waals surface area contributed by atoms with Gasteiger partial charge in [0.15, 0.2) is 0 Å². The fourth-order valence-corrected chi connectivity index (χ4v) is 3.16. The number of hydrogen-bond donors (Lipinski definition) is 3. The molecular formula is C20H22ClN3O3S. The van der Waals surface area contributed by atoms with E-state index in [-0.39, 0.29) is 11.8 Å². The minimum atomic E-state index is -0.713. The Labute approximate surface area is 173 Å². The van der Waals surface area contributed by atoms with Crippen molar-refractivity contribution in [3.05, 3.63) is 64.7 Å². The first-order valence-electron chi connectivity index (χ1n) is 8.63. The summed E-state index contributed by atoms with van der Waals surface area (Å²) < 4.78 is 0. The van der Waals surface area contributed by atoms with E-state index < -0.39 is 11.9 Å². The Bertz CT molecular complexity index is 843. The Hall–Kier alpha value is -2.51. The van der Waals surface area contributed by atoms with Crippen molar-refractivity contribution in [3.63, 3.8) is 0 Å². The normalized spacial score (nSPS) is 11.4. The maximum absolute atomic E-state index is 12.7. The molecule has 0 aliphatic rings. The number of hydrogen-bond acceptors (Lipinski definition) is 4. The van der Waals surface area contributed by atoms with Crippen LogP contribution in [0.4, 0.5) is 5.69 Å². The van der Waals surface area contributed by atoms with Crippen molar-refractivity contribution < 1.29 is 14.4 Å². The van der Waals surface area contributed by atoms with Crippen LogP contribution in [0.25, 0.3) is 0 Å². The van der Waals surface area contributed by atoms with E-state index in [4.69, 9.17) is 11.6 Å². The third-order valence-electron chi connectivity index (χ3n) is 3.99. The van der Waals surface area contributed by atoms with Gasteiger partial charge in [0.05, 0.1) is 10.6 Å². The van der Waals surface area contributed by atoms with Crippen molar-refractivity contribution in [1.82, 2.24) is 10.6 Å².